The Morgan fingerprint density at radius 1 is 1.11 bits per heavy atom. The Morgan fingerprint density at radius 2 is 1.94 bits per heavy atom. The van der Waals surface area contributed by atoms with Crippen LogP contribution in [0.2, 0.25) is 0 Å². The molecule has 9 heteroatoms. The zero-order valence-electron chi connectivity index (χ0n) is 20.5. The van der Waals surface area contributed by atoms with Crippen molar-refractivity contribution in [2.45, 2.75) is 40.0 Å². The maximum Gasteiger partial charge on any atom is 0.293 e. The molecule has 9 nitrogen and oxygen atoms in total. The van der Waals surface area contributed by atoms with Gasteiger partial charge in [0.15, 0.2) is 5.82 Å². The van der Waals surface area contributed by atoms with E-state index in [0.29, 0.717) is 30.4 Å². The lowest BCUT2D eigenvalue weighted by molar-refractivity contribution is -0.121. The number of carbonyl (C=O) groups is 1. The van der Waals surface area contributed by atoms with E-state index < -0.39 is 0 Å². The molecule has 1 amide bonds. The van der Waals surface area contributed by atoms with Crippen molar-refractivity contribution in [1.82, 2.24) is 24.8 Å². The molecule has 2 aromatic heterocycles. The Hall–Kier alpha value is -4.40. The van der Waals surface area contributed by atoms with Gasteiger partial charge in [-0.25, -0.2) is 9.97 Å². The van der Waals surface area contributed by atoms with Crippen molar-refractivity contribution < 1.29 is 9.53 Å². The Kier molecular flexibility index (Phi) is 8.12. The van der Waals surface area contributed by atoms with Crippen LogP contribution in [0.15, 0.2) is 71.9 Å². The Morgan fingerprint density at radius 3 is 2.72 bits per heavy atom. The number of anilines is 1. The normalized spacial score (nSPS) is 10.7. The van der Waals surface area contributed by atoms with Crippen LogP contribution in [0.3, 0.4) is 0 Å². The molecular formula is C27H30N6O3. The third-order valence-corrected chi connectivity index (χ3v) is 5.72. The average molecular weight is 487 g/mol. The number of ether oxygens (including phenoxy) is 1. The van der Waals surface area contributed by atoms with Crippen LogP contribution in [0.25, 0.3) is 0 Å². The van der Waals surface area contributed by atoms with Crippen molar-refractivity contribution in [2.75, 3.05) is 11.9 Å². The number of aryl methyl sites for hydroxylation is 2. The third kappa shape index (κ3) is 6.59. The molecule has 0 saturated heterocycles. The summed E-state index contributed by atoms with van der Waals surface area (Å²) >= 11 is 0. The predicted molar refractivity (Wildman–Crippen MR) is 138 cm³/mol. The highest BCUT2D eigenvalue weighted by Crippen LogP contribution is 2.21. The van der Waals surface area contributed by atoms with E-state index in [4.69, 9.17) is 4.74 Å². The Balaban J connectivity index is 1.36. The largest absolute Gasteiger partial charge is 0.485 e. The highest BCUT2D eigenvalue weighted by atomic mass is 16.5. The van der Waals surface area contributed by atoms with E-state index in [1.807, 2.05) is 55.5 Å². The van der Waals surface area contributed by atoms with E-state index in [1.165, 1.54) is 10.1 Å². The molecule has 0 saturated carbocycles. The van der Waals surface area contributed by atoms with Crippen molar-refractivity contribution >= 4 is 11.7 Å². The fourth-order valence-electron chi connectivity index (χ4n) is 3.76. The van der Waals surface area contributed by atoms with Crippen LogP contribution in [-0.4, -0.2) is 32.0 Å². The number of H-pyrrole nitrogens is 1. The van der Waals surface area contributed by atoms with E-state index in [-0.39, 0.29) is 30.4 Å². The molecule has 0 spiro atoms. The molecule has 0 bridgehead atoms. The number of nitrogens with zero attached hydrogens (tertiary/aromatic N) is 3. The lowest BCUT2D eigenvalue weighted by Crippen LogP contribution is -2.34. The van der Waals surface area contributed by atoms with Crippen LogP contribution in [0.5, 0.6) is 5.75 Å². The minimum Gasteiger partial charge on any atom is -0.485 e. The molecule has 0 aliphatic rings. The summed E-state index contributed by atoms with van der Waals surface area (Å²) in [5.41, 5.74) is 3.35. The zero-order valence-corrected chi connectivity index (χ0v) is 20.5. The zero-order chi connectivity index (χ0) is 25.3. The fourth-order valence-corrected chi connectivity index (χ4v) is 3.76. The van der Waals surface area contributed by atoms with E-state index in [0.717, 1.165) is 17.5 Å². The molecule has 0 radical (unpaired) electrons. The first-order chi connectivity index (χ1) is 17.5. The van der Waals surface area contributed by atoms with Gasteiger partial charge in [-0.1, -0.05) is 48.0 Å². The standard InChI is InChI=1S/C27H30N6O3/c1-19-8-9-23(36-18-24-28-12-13-29-24)22(14-19)16-31-25(34)17-33-20(2)15-32-26(27(33)35)30-11-10-21-6-4-3-5-7-21/h3-9,12-15H,10-11,16-18H2,1-2H3,(H,28,29)(H,30,32)(H,31,34). The lowest BCUT2D eigenvalue weighted by atomic mass is 10.1. The Bertz CT molecular complexity index is 1350. The van der Waals surface area contributed by atoms with Crippen molar-refractivity contribution in [3.63, 3.8) is 0 Å². The molecule has 0 unspecified atom stereocenters. The number of nitrogens with one attached hydrogen (secondary N) is 3. The van der Waals surface area contributed by atoms with Gasteiger partial charge in [0.2, 0.25) is 5.91 Å². The summed E-state index contributed by atoms with van der Waals surface area (Å²) < 4.78 is 7.32. The monoisotopic (exact) mass is 486 g/mol. The van der Waals surface area contributed by atoms with E-state index in [1.54, 1.807) is 25.5 Å². The first-order valence-corrected chi connectivity index (χ1v) is 11.8. The molecular weight excluding hydrogens is 456 g/mol. The first-order valence-electron chi connectivity index (χ1n) is 11.8. The van der Waals surface area contributed by atoms with Gasteiger partial charge in [0.25, 0.3) is 5.56 Å². The highest BCUT2D eigenvalue weighted by Gasteiger charge is 2.13. The number of hydrogen-bond acceptors (Lipinski definition) is 6. The van der Waals surface area contributed by atoms with Crippen molar-refractivity contribution in [3.8, 4) is 5.75 Å². The minimum atomic E-state index is -0.323. The topological polar surface area (TPSA) is 114 Å². The van der Waals surface area contributed by atoms with Gasteiger partial charge in [-0.2, -0.15) is 0 Å². The van der Waals surface area contributed by atoms with Crippen LogP contribution in [0, 0.1) is 13.8 Å². The molecule has 36 heavy (non-hydrogen) atoms. The van der Waals surface area contributed by atoms with Crippen LogP contribution in [0.4, 0.5) is 5.82 Å². The smallest absolute Gasteiger partial charge is 0.293 e. The highest BCUT2D eigenvalue weighted by molar-refractivity contribution is 5.76. The molecule has 0 fully saturated rings. The van der Waals surface area contributed by atoms with Gasteiger partial charge in [0.1, 0.15) is 24.7 Å². The maximum absolute atomic E-state index is 13.0. The number of imidazole rings is 1. The van der Waals surface area contributed by atoms with Gasteiger partial charge in [-0.15, -0.1) is 0 Å². The summed E-state index contributed by atoms with van der Waals surface area (Å²) in [4.78, 5) is 37.1. The van der Waals surface area contributed by atoms with Gasteiger partial charge in [-0.05, 0) is 31.9 Å². The second kappa shape index (κ2) is 11.8. The van der Waals surface area contributed by atoms with Crippen molar-refractivity contribution in [2.24, 2.45) is 0 Å². The summed E-state index contributed by atoms with van der Waals surface area (Å²) in [6.45, 7) is 4.77. The van der Waals surface area contributed by atoms with Crippen LogP contribution in [0.1, 0.15) is 28.2 Å². The summed E-state index contributed by atoms with van der Waals surface area (Å²) in [7, 11) is 0. The molecule has 2 heterocycles. The molecule has 0 aliphatic carbocycles. The number of hydrogen-bond donors (Lipinski definition) is 3. The third-order valence-electron chi connectivity index (χ3n) is 5.72. The van der Waals surface area contributed by atoms with Gasteiger partial charge >= 0.3 is 0 Å². The van der Waals surface area contributed by atoms with E-state index in [9.17, 15) is 9.59 Å². The predicted octanol–water partition coefficient (Wildman–Crippen LogP) is 3.13. The molecule has 4 rings (SSSR count). The minimum absolute atomic E-state index is 0.102. The number of aromatic amines is 1. The van der Waals surface area contributed by atoms with Crippen LogP contribution < -0.4 is 20.9 Å². The molecule has 186 valence electrons. The average Bonchev–Trinajstić information content (AvgIpc) is 3.40. The first kappa shape index (κ1) is 24.7. The van der Waals surface area contributed by atoms with Gasteiger partial charge in [0.05, 0.1) is 0 Å². The summed E-state index contributed by atoms with van der Waals surface area (Å²) in [5.74, 6) is 1.34. The number of amides is 1. The van der Waals surface area contributed by atoms with Gasteiger partial charge < -0.3 is 20.4 Å². The second-order valence-corrected chi connectivity index (χ2v) is 8.51. The second-order valence-electron chi connectivity index (χ2n) is 8.51. The van der Waals surface area contributed by atoms with Crippen molar-refractivity contribution in [1.29, 1.82) is 0 Å². The number of aromatic nitrogens is 4. The van der Waals surface area contributed by atoms with Crippen LogP contribution >= 0.6 is 0 Å². The fraction of sp³-hybridized carbons (Fsp3) is 0.259. The van der Waals surface area contributed by atoms with E-state index >= 15 is 0 Å². The SMILES string of the molecule is Cc1ccc(OCc2ncc[nH]2)c(CNC(=O)Cn2c(C)cnc(NCCc3ccccc3)c2=O)c1. The van der Waals surface area contributed by atoms with Gasteiger partial charge in [-0.3, -0.25) is 14.2 Å². The molecule has 4 aromatic rings. The number of carbonyl (C=O) groups excluding carboxylic acids is 1. The van der Waals surface area contributed by atoms with Gasteiger partial charge in [0, 0.05) is 42.9 Å². The number of rotatable bonds is 11. The van der Waals surface area contributed by atoms with E-state index in [2.05, 4.69) is 25.6 Å². The molecule has 2 aromatic carbocycles. The molecule has 3 N–H and O–H groups in total. The molecule has 0 aliphatic heterocycles. The summed E-state index contributed by atoms with van der Waals surface area (Å²) in [6, 6.07) is 15.8. The summed E-state index contributed by atoms with van der Waals surface area (Å²) in [6.07, 6.45) is 5.77. The molecule has 0 atom stereocenters. The quantitative estimate of drug-likeness (QED) is 0.300. The number of benzene rings is 2. The maximum atomic E-state index is 13.0. The Labute approximate surface area is 209 Å². The van der Waals surface area contributed by atoms with Crippen molar-refractivity contribution in [3.05, 3.63) is 106 Å². The van der Waals surface area contributed by atoms with Crippen LogP contribution in [-0.2, 0) is 30.9 Å². The lowest BCUT2D eigenvalue weighted by Gasteiger charge is -2.14. The summed E-state index contributed by atoms with van der Waals surface area (Å²) in [5, 5.41) is 6.00.